The molecule has 0 fully saturated rings. The number of carbonyl (C=O) groups excluding carboxylic acids is 1. The molecule has 0 spiro atoms. The van der Waals surface area contributed by atoms with E-state index in [1.807, 2.05) is 13.8 Å². The molecule has 4 N–H and O–H groups in total. The van der Waals surface area contributed by atoms with Crippen LogP contribution in [0, 0.1) is 5.92 Å². The van der Waals surface area contributed by atoms with E-state index in [0.717, 1.165) is 6.42 Å². The highest BCUT2D eigenvalue weighted by Crippen LogP contribution is 1.96. The summed E-state index contributed by atoms with van der Waals surface area (Å²) in [5.74, 6) is -0.164. The van der Waals surface area contributed by atoms with Gasteiger partial charge in [-0.3, -0.25) is 13.9 Å². The molecule has 0 aromatic rings. The highest BCUT2D eigenvalue weighted by Gasteiger charge is 2.02. The standard InChI is InChI=1S/C5H11NO.H2O4S/c1-3-4(2)5(6)7;1-5(2,3)4/h4H,3H2,1-2H3,(H2,6,7);(H2,1,2,3,4). The summed E-state index contributed by atoms with van der Waals surface area (Å²) in [6.45, 7) is 3.76. The zero-order valence-electron chi connectivity index (χ0n) is 6.89. The smallest absolute Gasteiger partial charge is 0.369 e. The van der Waals surface area contributed by atoms with Crippen LogP contribution in [0.4, 0.5) is 0 Å². The normalized spacial score (nSPS) is 12.7. The maximum absolute atomic E-state index is 10.2. The van der Waals surface area contributed by atoms with Crippen molar-refractivity contribution in [3.05, 3.63) is 0 Å². The van der Waals surface area contributed by atoms with Crippen molar-refractivity contribution in [3.63, 3.8) is 0 Å². The Labute approximate surface area is 71.3 Å². The molecule has 0 rings (SSSR count). The number of nitrogens with two attached hydrogens (primary N) is 1. The Morgan fingerprint density at radius 3 is 1.75 bits per heavy atom. The fourth-order valence-electron chi connectivity index (χ4n) is 0.201. The second-order valence-corrected chi connectivity index (χ2v) is 3.06. The average Bonchev–Trinajstić information content (AvgIpc) is 1.82. The first kappa shape index (κ1) is 13.9. The summed E-state index contributed by atoms with van der Waals surface area (Å²) in [6, 6.07) is 0. The molecular weight excluding hydrogens is 186 g/mol. The van der Waals surface area contributed by atoms with Crippen molar-refractivity contribution in [1.29, 1.82) is 0 Å². The number of amides is 1. The molecule has 0 bridgehead atoms. The predicted molar refractivity (Wildman–Crippen MR) is 42.8 cm³/mol. The van der Waals surface area contributed by atoms with Crippen LogP contribution >= 0.6 is 0 Å². The summed E-state index contributed by atoms with van der Waals surface area (Å²) < 4.78 is 31.6. The van der Waals surface area contributed by atoms with Gasteiger partial charge < -0.3 is 5.73 Å². The molecule has 0 aromatic heterocycles. The van der Waals surface area contributed by atoms with Crippen LogP contribution in [-0.2, 0) is 15.2 Å². The van der Waals surface area contributed by atoms with Crippen LogP contribution in [-0.4, -0.2) is 23.4 Å². The second kappa shape index (κ2) is 5.92. The van der Waals surface area contributed by atoms with Crippen LogP contribution in [0.15, 0.2) is 0 Å². The van der Waals surface area contributed by atoms with Gasteiger partial charge in [-0.1, -0.05) is 13.8 Å². The molecule has 0 aliphatic heterocycles. The quantitative estimate of drug-likeness (QED) is 0.535. The van der Waals surface area contributed by atoms with E-state index in [9.17, 15) is 4.79 Å². The number of primary amides is 1. The third kappa shape index (κ3) is 22.8. The molecule has 0 heterocycles. The Morgan fingerprint density at radius 2 is 1.75 bits per heavy atom. The summed E-state index contributed by atoms with van der Waals surface area (Å²) in [5, 5.41) is 0. The lowest BCUT2D eigenvalue weighted by Crippen LogP contribution is -2.19. The maximum atomic E-state index is 10.2. The van der Waals surface area contributed by atoms with Gasteiger partial charge in [-0.2, -0.15) is 8.42 Å². The molecule has 1 atom stereocenters. The first-order valence-electron chi connectivity index (χ1n) is 3.17. The number of hydrogen-bond donors (Lipinski definition) is 3. The van der Waals surface area contributed by atoms with E-state index in [0.29, 0.717) is 0 Å². The van der Waals surface area contributed by atoms with E-state index in [1.54, 1.807) is 0 Å². The van der Waals surface area contributed by atoms with Crippen LogP contribution < -0.4 is 5.73 Å². The fraction of sp³-hybridized carbons (Fsp3) is 0.800. The van der Waals surface area contributed by atoms with Crippen molar-refractivity contribution in [2.75, 3.05) is 0 Å². The van der Waals surface area contributed by atoms with Gasteiger partial charge in [0.2, 0.25) is 5.91 Å². The first-order chi connectivity index (χ1) is 5.18. The number of rotatable bonds is 2. The van der Waals surface area contributed by atoms with Gasteiger partial charge in [-0.15, -0.1) is 0 Å². The summed E-state index contributed by atoms with van der Waals surface area (Å²) in [4.78, 5) is 10.2. The van der Waals surface area contributed by atoms with Crippen LogP contribution in [0.2, 0.25) is 0 Å². The minimum absolute atomic E-state index is 0.0417. The Hall–Kier alpha value is -0.660. The molecule has 0 aromatic carbocycles. The molecule has 12 heavy (non-hydrogen) atoms. The molecule has 7 heteroatoms. The maximum Gasteiger partial charge on any atom is 0.394 e. The molecule has 1 amide bonds. The lowest BCUT2D eigenvalue weighted by atomic mass is 10.1. The van der Waals surface area contributed by atoms with Gasteiger partial charge >= 0.3 is 10.4 Å². The van der Waals surface area contributed by atoms with Crippen molar-refractivity contribution in [1.82, 2.24) is 0 Å². The molecule has 0 saturated carbocycles. The zero-order valence-corrected chi connectivity index (χ0v) is 7.71. The summed E-state index contributed by atoms with van der Waals surface area (Å²) >= 11 is 0. The summed E-state index contributed by atoms with van der Waals surface area (Å²) in [5.41, 5.74) is 4.91. The minimum Gasteiger partial charge on any atom is -0.369 e. The highest BCUT2D eigenvalue weighted by atomic mass is 32.3. The van der Waals surface area contributed by atoms with Gasteiger partial charge in [-0.25, -0.2) is 0 Å². The van der Waals surface area contributed by atoms with Gasteiger partial charge in [0.1, 0.15) is 0 Å². The molecular formula is C5H13NO5S. The van der Waals surface area contributed by atoms with Gasteiger partial charge in [0.25, 0.3) is 0 Å². The molecule has 0 aliphatic carbocycles. The van der Waals surface area contributed by atoms with Gasteiger partial charge in [0.15, 0.2) is 0 Å². The topological polar surface area (TPSA) is 118 Å². The van der Waals surface area contributed by atoms with Gasteiger partial charge in [-0.05, 0) is 6.42 Å². The molecule has 6 nitrogen and oxygen atoms in total. The second-order valence-electron chi connectivity index (χ2n) is 2.16. The van der Waals surface area contributed by atoms with E-state index in [-0.39, 0.29) is 11.8 Å². The monoisotopic (exact) mass is 199 g/mol. The lowest BCUT2D eigenvalue weighted by molar-refractivity contribution is -0.121. The lowest BCUT2D eigenvalue weighted by Gasteiger charge is -1.98. The molecule has 1 unspecified atom stereocenters. The molecule has 74 valence electrons. The summed E-state index contributed by atoms with van der Waals surface area (Å²) in [7, 11) is -4.67. The van der Waals surface area contributed by atoms with Crippen LogP contribution in [0.1, 0.15) is 20.3 Å². The van der Waals surface area contributed by atoms with E-state index in [2.05, 4.69) is 0 Å². The van der Waals surface area contributed by atoms with E-state index in [1.165, 1.54) is 0 Å². The van der Waals surface area contributed by atoms with Crippen LogP contribution in [0.5, 0.6) is 0 Å². The molecule has 0 saturated heterocycles. The van der Waals surface area contributed by atoms with Crippen molar-refractivity contribution in [3.8, 4) is 0 Å². The molecule has 0 radical (unpaired) electrons. The van der Waals surface area contributed by atoms with Crippen LogP contribution in [0.25, 0.3) is 0 Å². The Balaban J connectivity index is 0. The van der Waals surface area contributed by atoms with Gasteiger partial charge in [0.05, 0.1) is 0 Å². The largest absolute Gasteiger partial charge is 0.394 e. The number of hydrogen-bond acceptors (Lipinski definition) is 3. The average molecular weight is 199 g/mol. The van der Waals surface area contributed by atoms with Gasteiger partial charge in [0, 0.05) is 5.92 Å². The van der Waals surface area contributed by atoms with Crippen LogP contribution in [0.3, 0.4) is 0 Å². The fourth-order valence-corrected chi connectivity index (χ4v) is 0.201. The Kier molecular flexibility index (Phi) is 6.86. The number of carbonyl (C=O) groups is 1. The highest BCUT2D eigenvalue weighted by molar-refractivity contribution is 7.79. The van der Waals surface area contributed by atoms with E-state index >= 15 is 0 Å². The van der Waals surface area contributed by atoms with Crippen molar-refractivity contribution >= 4 is 16.3 Å². The van der Waals surface area contributed by atoms with E-state index in [4.69, 9.17) is 23.3 Å². The Morgan fingerprint density at radius 1 is 1.50 bits per heavy atom. The van der Waals surface area contributed by atoms with Crippen molar-refractivity contribution < 1.29 is 22.3 Å². The SMILES string of the molecule is CCC(C)C(N)=O.O=S(=O)(O)O. The van der Waals surface area contributed by atoms with Crippen molar-refractivity contribution in [2.45, 2.75) is 20.3 Å². The zero-order chi connectivity index (χ0) is 10.4. The molecule has 0 aliphatic rings. The third-order valence-electron chi connectivity index (χ3n) is 1.10. The summed E-state index contributed by atoms with van der Waals surface area (Å²) in [6.07, 6.45) is 0.843. The Bertz CT molecular complexity index is 214. The third-order valence-corrected chi connectivity index (χ3v) is 1.10. The predicted octanol–water partition coefficient (Wildman–Crippen LogP) is -0.135. The minimum atomic E-state index is -4.67. The first-order valence-corrected chi connectivity index (χ1v) is 4.57. The van der Waals surface area contributed by atoms with E-state index < -0.39 is 10.4 Å². The van der Waals surface area contributed by atoms with Crippen molar-refractivity contribution in [2.24, 2.45) is 11.7 Å².